The van der Waals surface area contributed by atoms with Gasteiger partial charge < -0.3 is 15.0 Å². The van der Waals surface area contributed by atoms with Gasteiger partial charge in [-0.3, -0.25) is 13.9 Å². The van der Waals surface area contributed by atoms with Crippen molar-refractivity contribution >= 4 is 50.7 Å². The lowest BCUT2D eigenvalue weighted by Crippen LogP contribution is -2.53. The predicted molar refractivity (Wildman–Crippen MR) is 174 cm³/mol. The molecule has 0 aliphatic carbocycles. The van der Waals surface area contributed by atoms with Crippen LogP contribution in [0.15, 0.2) is 108 Å². The lowest BCUT2D eigenvalue weighted by Gasteiger charge is -2.34. The molecule has 1 N–H and O–H groups in total. The van der Waals surface area contributed by atoms with Gasteiger partial charge in [0.2, 0.25) is 11.8 Å². The highest BCUT2D eigenvalue weighted by Gasteiger charge is 2.34. The van der Waals surface area contributed by atoms with Crippen LogP contribution in [-0.4, -0.2) is 51.4 Å². The van der Waals surface area contributed by atoms with Crippen LogP contribution in [0.4, 0.5) is 5.69 Å². The van der Waals surface area contributed by atoms with Crippen LogP contribution in [0.3, 0.4) is 0 Å². The number of ether oxygens (including phenoxy) is 1. The van der Waals surface area contributed by atoms with E-state index in [0.717, 1.165) is 15.4 Å². The third-order valence-electron chi connectivity index (χ3n) is 6.91. The Bertz CT molecular complexity index is 1670. The summed E-state index contributed by atoms with van der Waals surface area (Å²) in [6.07, 6.45) is 0.217. The van der Waals surface area contributed by atoms with Crippen molar-refractivity contribution in [1.82, 2.24) is 10.2 Å². The number of likely N-dealkylation sites (N-methyl/N-ethyl adjacent to an activating group) is 1. The third-order valence-corrected chi connectivity index (χ3v) is 9.19. The normalized spacial score (nSPS) is 11.8. The van der Waals surface area contributed by atoms with Gasteiger partial charge in [-0.2, -0.15) is 0 Å². The molecule has 0 saturated carbocycles. The number of nitrogens with zero attached hydrogens (tertiary/aromatic N) is 2. The lowest BCUT2D eigenvalue weighted by molar-refractivity contribution is -0.140. The molecule has 0 bridgehead atoms. The van der Waals surface area contributed by atoms with Crippen LogP contribution in [0, 0.1) is 0 Å². The molecule has 44 heavy (non-hydrogen) atoms. The number of nitrogens with one attached hydrogen (secondary N) is 1. The van der Waals surface area contributed by atoms with Crippen molar-refractivity contribution in [2.24, 2.45) is 0 Å². The molecule has 0 aliphatic heterocycles. The first-order chi connectivity index (χ1) is 21.1. The van der Waals surface area contributed by atoms with Gasteiger partial charge in [0.15, 0.2) is 0 Å². The first-order valence-electron chi connectivity index (χ1n) is 13.9. The van der Waals surface area contributed by atoms with E-state index in [1.54, 1.807) is 49.4 Å². The van der Waals surface area contributed by atoms with Crippen LogP contribution in [0.2, 0.25) is 10.0 Å². The molecule has 0 aliphatic rings. The summed E-state index contributed by atoms with van der Waals surface area (Å²) in [6, 6.07) is 27.5. The summed E-state index contributed by atoms with van der Waals surface area (Å²) in [4.78, 5) is 29.3. The average molecular weight is 655 g/mol. The van der Waals surface area contributed by atoms with Gasteiger partial charge in [0.1, 0.15) is 18.3 Å². The Labute approximate surface area is 268 Å². The Balaban J connectivity index is 1.79. The van der Waals surface area contributed by atoms with Crippen LogP contribution >= 0.6 is 23.2 Å². The Kier molecular flexibility index (Phi) is 11.3. The standard InChI is InChI=1S/C33H33Cl2N3O5S/c1-3-36-33(40)31(20-24-8-5-4-6-9-24)37(22-25-12-14-26(34)15-13-25)32(39)23-38(28-11-7-10-27(35)21-28)44(41,42)30-18-16-29(43-2)17-19-30/h4-19,21,31H,3,20,22-23H2,1-2H3,(H,36,40). The molecule has 0 heterocycles. The van der Waals surface area contributed by atoms with Crippen LogP contribution in [0.5, 0.6) is 5.75 Å². The van der Waals surface area contributed by atoms with Gasteiger partial charge in [-0.25, -0.2) is 8.42 Å². The van der Waals surface area contributed by atoms with Gasteiger partial charge in [0.05, 0.1) is 17.7 Å². The largest absolute Gasteiger partial charge is 0.497 e. The van der Waals surface area contributed by atoms with E-state index in [1.807, 2.05) is 30.3 Å². The number of anilines is 1. The number of sulfonamides is 1. The quantitative estimate of drug-likeness (QED) is 0.192. The zero-order valence-electron chi connectivity index (χ0n) is 24.3. The summed E-state index contributed by atoms with van der Waals surface area (Å²) in [6.45, 7) is 1.60. The summed E-state index contributed by atoms with van der Waals surface area (Å²) < 4.78 is 34.3. The maximum Gasteiger partial charge on any atom is 0.264 e. The van der Waals surface area contributed by atoms with E-state index in [9.17, 15) is 18.0 Å². The highest BCUT2D eigenvalue weighted by molar-refractivity contribution is 7.92. The summed E-state index contributed by atoms with van der Waals surface area (Å²) in [7, 11) is -2.78. The van der Waals surface area contributed by atoms with Gasteiger partial charge >= 0.3 is 0 Å². The van der Waals surface area contributed by atoms with Crippen molar-refractivity contribution in [2.75, 3.05) is 24.5 Å². The minimum atomic E-state index is -4.26. The van der Waals surface area contributed by atoms with Crippen molar-refractivity contribution in [3.8, 4) is 5.75 Å². The summed E-state index contributed by atoms with van der Waals surface area (Å²) in [5, 5.41) is 3.66. The second kappa shape index (κ2) is 15.1. The first kappa shape index (κ1) is 32.9. The minimum Gasteiger partial charge on any atom is -0.497 e. The fourth-order valence-electron chi connectivity index (χ4n) is 4.67. The van der Waals surface area contributed by atoms with Gasteiger partial charge in [-0.05, 0) is 72.6 Å². The average Bonchev–Trinajstić information content (AvgIpc) is 3.02. The van der Waals surface area contributed by atoms with Crippen LogP contribution in [0.1, 0.15) is 18.1 Å². The Morgan fingerprint density at radius 1 is 0.841 bits per heavy atom. The molecular formula is C33H33Cl2N3O5S. The van der Waals surface area contributed by atoms with E-state index in [0.29, 0.717) is 22.3 Å². The molecule has 8 nitrogen and oxygen atoms in total. The molecule has 1 unspecified atom stereocenters. The summed E-state index contributed by atoms with van der Waals surface area (Å²) >= 11 is 12.4. The molecule has 4 aromatic rings. The van der Waals surface area contributed by atoms with E-state index in [1.165, 1.54) is 42.3 Å². The number of hydrogen-bond donors (Lipinski definition) is 1. The molecule has 230 valence electrons. The molecule has 0 spiro atoms. The molecule has 0 fully saturated rings. The number of carbonyl (C=O) groups is 2. The van der Waals surface area contributed by atoms with Crippen LogP contribution in [0.25, 0.3) is 0 Å². The maximum atomic E-state index is 14.4. The van der Waals surface area contributed by atoms with E-state index in [2.05, 4.69) is 5.32 Å². The minimum absolute atomic E-state index is 0.0383. The zero-order chi connectivity index (χ0) is 31.7. The number of hydrogen-bond acceptors (Lipinski definition) is 5. The highest BCUT2D eigenvalue weighted by Crippen LogP contribution is 2.28. The number of amides is 2. The fraction of sp³-hybridized carbons (Fsp3) is 0.212. The molecule has 4 rings (SSSR count). The molecule has 2 amide bonds. The van der Waals surface area contributed by atoms with Gasteiger partial charge in [-0.1, -0.05) is 71.7 Å². The number of benzene rings is 4. The Morgan fingerprint density at radius 2 is 1.52 bits per heavy atom. The van der Waals surface area contributed by atoms with Gasteiger partial charge in [-0.15, -0.1) is 0 Å². The molecule has 0 aromatic heterocycles. The molecule has 0 saturated heterocycles. The smallest absolute Gasteiger partial charge is 0.264 e. The Hall–Kier alpha value is -4.05. The van der Waals surface area contributed by atoms with E-state index >= 15 is 0 Å². The molecule has 11 heteroatoms. The molecule has 1 atom stereocenters. The zero-order valence-corrected chi connectivity index (χ0v) is 26.6. The fourth-order valence-corrected chi connectivity index (χ4v) is 6.38. The SMILES string of the molecule is CCNC(=O)C(Cc1ccccc1)N(Cc1ccc(Cl)cc1)C(=O)CN(c1cccc(Cl)c1)S(=O)(=O)c1ccc(OC)cc1. The second-order valence-corrected chi connectivity index (χ2v) is 12.7. The van der Waals surface area contributed by atoms with Crippen molar-refractivity contribution in [1.29, 1.82) is 0 Å². The number of rotatable bonds is 13. The van der Waals surface area contributed by atoms with Crippen LogP contribution in [-0.2, 0) is 32.6 Å². The summed E-state index contributed by atoms with van der Waals surface area (Å²) in [5.41, 5.74) is 1.76. The van der Waals surface area contributed by atoms with E-state index in [4.69, 9.17) is 27.9 Å². The number of methoxy groups -OCH3 is 1. The lowest BCUT2D eigenvalue weighted by atomic mass is 10.0. The van der Waals surface area contributed by atoms with E-state index < -0.39 is 28.5 Å². The van der Waals surface area contributed by atoms with Gasteiger partial charge in [0, 0.05) is 29.6 Å². The monoisotopic (exact) mass is 653 g/mol. The van der Waals surface area contributed by atoms with Crippen molar-refractivity contribution in [3.05, 3.63) is 124 Å². The number of carbonyl (C=O) groups excluding carboxylic acids is 2. The topological polar surface area (TPSA) is 96.0 Å². The predicted octanol–water partition coefficient (Wildman–Crippen LogP) is 5.97. The van der Waals surface area contributed by atoms with E-state index in [-0.39, 0.29) is 29.5 Å². The highest BCUT2D eigenvalue weighted by atomic mass is 35.5. The number of halogens is 2. The van der Waals surface area contributed by atoms with Crippen molar-refractivity contribution < 1.29 is 22.7 Å². The second-order valence-electron chi connectivity index (χ2n) is 9.92. The summed E-state index contributed by atoms with van der Waals surface area (Å²) in [5.74, 6) is -0.454. The third kappa shape index (κ3) is 8.31. The molecular weight excluding hydrogens is 621 g/mol. The van der Waals surface area contributed by atoms with Crippen molar-refractivity contribution in [2.45, 2.75) is 30.8 Å². The van der Waals surface area contributed by atoms with Crippen molar-refractivity contribution in [3.63, 3.8) is 0 Å². The molecule has 4 aromatic carbocycles. The molecule has 0 radical (unpaired) electrons. The Morgan fingerprint density at radius 3 is 2.14 bits per heavy atom. The first-order valence-corrected chi connectivity index (χ1v) is 16.1. The van der Waals surface area contributed by atoms with Crippen LogP contribution < -0.4 is 14.4 Å². The van der Waals surface area contributed by atoms with Gasteiger partial charge in [0.25, 0.3) is 10.0 Å². The maximum absolute atomic E-state index is 14.4.